The predicted molar refractivity (Wildman–Crippen MR) is 80.3 cm³/mol. The first-order valence-electron chi connectivity index (χ1n) is 6.33. The molecule has 0 bridgehead atoms. The number of rotatable bonds is 3. The van der Waals surface area contributed by atoms with E-state index in [9.17, 15) is 5.11 Å². The number of hydrogen-bond donors (Lipinski definition) is 3. The smallest absolute Gasteiger partial charge is 0.172 e. The fourth-order valence-corrected chi connectivity index (χ4v) is 2.63. The molecule has 110 valence electrons. The lowest BCUT2D eigenvalue weighted by atomic mass is 10.1. The predicted octanol–water partition coefficient (Wildman–Crippen LogP) is 1.13. The zero-order chi connectivity index (χ0) is 14.7. The molecule has 0 amide bonds. The number of ether oxygens (including phenoxy) is 1. The molecule has 0 radical (unpaired) electrons. The van der Waals surface area contributed by atoms with Crippen molar-refractivity contribution < 1.29 is 15.1 Å². The lowest BCUT2D eigenvalue weighted by molar-refractivity contribution is -0.0103. The van der Waals surface area contributed by atoms with Crippen LogP contribution in [0.2, 0.25) is 0 Å². The van der Waals surface area contributed by atoms with E-state index in [4.69, 9.17) is 15.7 Å². The molecule has 1 fully saturated rings. The average molecular weight is 344 g/mol. The Labute approximate surface area is 125 Å². The molecule has 4 N–H and O–H groups in total. The van der Waals surface area contributed by atoms with Gasteiger partial charge in [-0.05, 0) is 25.1 Å². The molecule has 2 rings (SSSR count). The number of halogens is 1. The number of aliphatic hydroxyl groups excluding tert-OH is 1. The van der Waals surface area contributed by atoms with Crippen LogP contribution in [0.25, 0.3) is 0 Å². The molecule has 1 heterocycles. The normalized spacial score (nSPS) is 23.9. The van der Waals surface area contributed by atoms with Crippen LogP contribution in [0.3, 0.4) is 0 Å². The van der Waals surface area contributed by atoms with Gasteiger partial charge in [0.05, 0.1) is 19.3 Å². The highest BCUT2D eigenvalue weighted by atomic mass is 79.9. The lowest BCUT2D eigenvalue weighted by Gasteiger charge is -2.40. The molecule has 6 nitrogen and oxygen atoms in total. The summed E-state index contributed by atoms with van der Waals surface area (Å²) in [4.78, 5) is 2.10. The van der Waals surface area contributed by atoms with E-state index in [1.165, 1.54) is 0 Å². The summed E-state index contributed by atoms with van der Waals surface area (Å²) < 4.78 is 6.44. The Morgan fingerprint density at radius 1 is 1.60 bits per heavy atom. The van der Waals surface area contributed by atoms with Crippen LogP contribution in [-0.4, -0.2) is 48.1 Å². The van der Waals surface area contributed by atoms with Crippen molar-refractivity contribution in [1.82, 2.24) is 0 Å². The highest BCUT2D eigenvalue weighted by Crippen LogP contribution is 2.29. The van der Waals surface area contributed by atoms with Crippen molar-refractivity contribution in [3.05, 3.63) is 28.2 Å². The van der Waals surface area contributed by atoms with Crippen molar-refractivity contribution in [3.8, 4) is 0 Å². The Balaban J connectivity index is 2.41. The average Bonchev–Trinajstić information content (AvgIpc) is 2.47. The van der Waals surface area contributed by atoms with E-state index in [0.717, 1.165) is 10.2 Å². The third-order valence-corrected chi connectivity index (χ3v) is 3.86. The Bertz CT molecular complexity index is 510. The van der Waals surface area contributed by atoms with Crippen molar-refractivity contribution >= 4 is 27.5 Å². The van der Waals surface area contributed by atoms with Crippen LogP contribution in [0.1, 0.15) is 12.5 Å². The first kappa shape index (κ1) is 15.1. The van der Waals surface area contributed by atoms with Crippen LogP contribution >= 0.6 is 15.9 Å². The molecular weight excluding hydrogens is 326 g/mol. The Morgan fingerprint density at radius 2 is 2.35 bits per heavy atom. The van der Waals surface area contributed by atoms with Gasteiger partial charge in [0.15, 0.2) is 5.84 Å². The largest absolute Gasteiger partial charge is 0.409 e. The van der Waals surface area contributed by atoms with E-state index in [1.807, 2.05) is 19.1 Å². The highest BCUT2D eigenvalue weighted by molar-refractivity contribution is 9.10. The maximum absolute atomic E-state index is 9.27. The highest BCUT2D eigenvalue weighted by Gasteiger charge is 2.28. The summed E-state index contributed by atoms with van der Waals surface area (Å²) in [5.41, 5.74) is 7.25. The number of oxime groups is 1. The Hall–Kier alpha value is -1.31. The van der Waals surface area contributed by atoms with Crippen LogP contribution in [0.15, 0.2) is 27.8 Å². The van der Waals surface area contributed by atoms with Gasteiger partial charge in [0, 0.05) is 28.3 Å². The Kier molecular flexibility index (Phi) is 4.85. The third kappa shape index (κ3) is 3.05. The van der Waals surface area contributed by atoms with Gasteiger partial charge >= 0.3 is 0 Å². The third-order valence-electron chi connectivity index (χ3n) is 3.36. The molecule has 1 saturated heterocycles. The second kappa shape index (κ2) is 6.43. The summed E-state index contributed by atoms with van der Waals surface area (Å²) in [6.45, 7) is 3.08. The summed E-state index contributed by atoms with van der Waals surface area (Å²) in [5, 5.41) is 21.3. The lowest BCUT2D eigenvalue weighted by Crippen LogP contribution is -2.50. The van der Waals surface area contributed by atoms with Gasteiger partial charge in [-0.3, -0.25) is 0 Å². The number of nitrogens with zero attached hydrogens (tertiary/aromatic N) is 2. The number of nitrogens with two attached hydrogens (primary N) is 1. The van der Waals surface area contributed by atoms with Gasteiger partial charge in [-0.1, -0.05) is 21.1 Å². The van der Waals surface area contributed by atoms with Crippen LogP contribution in [-0.2, 0) is 4.74 Å². The minimum atomic E-state index is -0.231. The fraction of sp³-hybridized carbons (Fsp3) is 0.462. The summed E-state index contributed by atoms with van der Waals surface area (Å²) >= 11 is 3.44. The van der Waals surface area contributed by atoms with Gasteiger partial charge in [0.2, 0.25) is 0 Å². The Morgan fingerprint density at radius 3 is 3.00 bits per heavy atom. The molecule has 1 aliphatic rings. The molecule has 1 aromatic rings. The number of aliphatic hydroxyl groups is 1. The molecule has 7 heteroatoms. The molecule has 0 aromatic heterocycles. The summed E-state index contributed by atoms with van der Waals surface area (Å²) in [5.74, 6) is 0.0618. The van der Waals surface area contributed by atoms with Crippen LogP contribution in [0, 0.1) is 0 Å². The van der Waals surface area contributed by atoms with Gasteiger partial charge in [-0.25, -0.2) is 0 Å². The van der Waals surface area contributed by atoms with Gasteiger partial charge in [-0.2, -0.15) is 0 Å². The zero-order valence-electron chi connectivity index (χ0n) is 11.2. The molecule has 1 aromatic carbocycles. The van der Waals surface area contributed by atoms with Crippen molar-refractivity contribution in [1.29, 1.82) is 0 Å². The standard InChI is InChI=1S/C13H18BrN3O3/c1-8-7-20-10(6-18)5-17(8)12-4-9(14)2-3-11(12)13(15)16-19/h2-4,8,10,18-19H,5-7H2,1H3,(H2,15,16). The molecule has 2 atom stereocenters. The number of amidine groups is 1. The van der Waals surface area contributed by atoms with Crippen LogP contribution in [0.4, 0.5) is 5.69 Å². The topological polar surface area (TPSA) is 91.3 Å². The number of anilines is 1. The van der Waals surface area contributed by atoms with E-state index < -0.39 is 0 Å². The van der Waals surface area contributed by atoms with Gasteiger partial charge in [-0.15, -0.1) is 0 Å². The summed E-state index contributed by atoms with van der Waals surface area (Å²) in [6.07, 6.45) is -0.231. The monoisotopic (exact) mass is 343 g/mol. The quantitative estimate of drug-likeness (QED) is 0.331. The molecule has 0 aliphatic carbocycles. The van der Waals surface area contributed by atoms with Gasteiger partial charge in [0.25, 0.3) is 0 Å². The van der Waals surface area contributed by atoms with Crippen molar-refractivity contribution in [2.24, 2.45) is 10.9 Å². The van der Waals surface area contributed by atoms with Crippen LogP contribution in [0.5, 0.6) is 0 Å². The van der Waals surface area contributed by atoms with E-state index in [1.54, 1.807) is 6.07 Å². The molecule has 20 heavy (non-hydrogen) atoms. The van der Waals surface area contributed by atoms with Crippen LogP contribution < -0.4 is 10.6 Å². The van der Waals surface area contributed by atoms with E-state index in [-0.39, 0.29) is 24.6 Å². The molecule has 0 saturated carbocycles. The number of morpholine rings is 1. The van der Waals surface area contributed by atoms with Crippen molar-refractivity contribution in [3.63, 3.8) is 0 Å². The zero-order valence-corrected chi connectivity index (χ0v) is 12.7. The minimum Gasteiger partial charge on any atom is -0.409 e. The van der Waals surface area contributed by atoms with Crippen molar-refractivity contribution in [2.45, 2.75) is 19.1 Å². The fourth-order valence-electron chi connectivity index (χ4n) is 2.28. The first-order valence-corrected chi connectivity index (χ1v) is 7.12. The van der Waals surface area contributed by atoms with E-state index in [2.05, 4.69) is 26.0 Å². The maximum atomic E-state index is 9.27. The second-order valence-electron chi connectivity index (χ2n) is 4.79. The first-order chi connectivity index (χ1) is 9.56. The summed E-state index contributed by atoms with van der Waals surface area (Å²) in [6, 6.07) is 5.69. The molecular formula is C13H18BrN3O3. The minimum absolute atomic E-state index is 0.0316. The molecule has 1 aliphatic heterocycles. The number of benzene rings is 1. The van der Waals surface area contributed by atoms with E-state index >= 15 is 0 Å². The SMILES string of the molecule is CC1COC(CO)CN1c1cc(Br)ccc1/C(N)=N/O. The van der Waals surface area contributed by atoms with Gasteiger partial charge in [0.1, 0.15) is 0 Å². The summed E-state index contributed by atoms with van der Waals surface area (Å²) in [7, 11) is 0. The van der Waals surface area contributed by atoms with E-state index in [0.29, 0.717) is 18.7 Å². The molecule has 0 spiro atoms. The number of hydrogen-bond acceptors (Lipinski definition) is 5. The second-order valence-corrected chi connectivity index (χ2v) is 5.70. The maximum Gasteiger partial charge on any atom is 0.172 e. The van der Waals surface area contributed by atoms with Crippen molar-refractivity contribution in [2.75, 3.05) is 24.7 Å². The molecule has 2 unspecified atom stereocenters. The van der Waals surface area contributed by atoms with Gasteiger partial charge < -0.3 is 25.7 Å².